The number of hydrogen-bond acceptors (Lipinski definition) is 4. The van der Waals surface area contributed by atoms with Gasteiger partial charge >= 0.3 is 5.97 Å². The minimum atomic E-state index is -0.591. The number of ether oxygens (including phenoxy) is 2. The average molecular weight is 347 g/mol. The number of carbonyl (C=O) groups excluding carboxylic acids is 2. The third-order valence-corrected chi connectivity index (χ3v) is 6.41. The van der Waals surface area contributed by atoms with Crippen molar-refractivity contribution in [2.45, 2.75) is 76.0 Å². The molecule has 2 bridgehead atoms. The zero-order valence-corrected chi connectivity index (χ0v) is 15.1. The van der Waals surface area contributed by atoms with Gasteiger partial charge in [0.15, 0.2) is 0 Å². The normalized spacial score (nSPS) is 36.9. The summed E-state index contributed by atoms with van der Waals surface area (Å²) in [5.41, 5.74) is -0.591. The van der Waals surface area contributed by atoms with Crippen LogP contribution >= 0.6 is 0 Å². The van der Waals surface area contributed by atoms with Gasteiger partial charge in [-0.3, -0.25) is 9.59 Å². The number of likely N-dealkylation sites (tertiary alicyclic amines) is 1. The highest BCUT2D eigenvalue weighted by Crippen LogP contribution is 2.53. The van der Waals surface area contributed by atoms with Gasteiger partial charge < -0.3 is 14.4 Å². The van der Waals surface area contributed by atoms with Crippen molar-refractivity contribution in [3.05, 3.63) is 12.2 Å². The van der Waals surface area contributed by atoms with E-state index in [0.29, 0.717) is 19.2 Å². The Bertz CT molecular complexity index is 568. The van der Waals surface area contributed by atoms with E-state index in [1.165, 1.54) is 19.3 Å². The van der Waals surface area contributed by atoms with Gasteiger partial charge in [0.25, 0.3) is 0 Å². The molecular formula is C20H29NO4. The molecule has 1 aliphatic carbocycles. The number of amides is 1. The predicted molar refractivity (Wildman–Crippen MR) is 92.8 cm³/mol. The molecule has 3 heterocycles. The van der Waals surface area contributed by atoms with Gasteiger partial charge in [-0.25, -0.2) is 0 Å². The third kappa shape index (κ3) is 2.80. The van der Waals surface area contributed by atoms with E-state index in [4.69, 9.17) is 9.47 Å². The quantitative estimate of drug-likeness (QED) is 0.421. The molecule has 0 unspecified atom stereocenters. The number of hydrogen-bond donors (Lipinski definition) is 0. The van der Waals surface area contributed by atoms with Crippen LogP contribution in [-0.2, 0) is 19.1 Å². The fourth-order valence-corrected chi connectivity index (χ4v) is 5.12. The molecule has 2 saturated heterocycles. The highest BCUT2D eigenvalue weighted by Gasteiger charge is 2.67. The Hall–Kier alpha value is -1.36. The number of esters is 1. The van der Waals surface area contributed by atoms with Gasteiger partial charge in [0.2, 0.25) is 5.91 Å². The number of fused-ring (bicyclic) bond motifs is 1. The van der Waals surface area contributed by atoms with Crippen molar-refractivity contribution in [3.8, 4) is 0 Å². The fourth-order valence-electron chi connectivity index (χ4n) is 5.12. The SMILES string of the molecule is CCCCCOC(=O)[C@H]1[C@@H]2C=C[C@]3(CN(C4CCCCC4)C(=O)[C@H]13)O2. The first kappa shape index (κ1) is 17.1. The predicted octanol–water partition coefficient (Wildman–Crippen LogP) is 2.83. The number of carbonyl (C=O) groups is 2. The minimum absolute atomic E-state index is 0.106. The van der Waals surface area contributed by atoms with Crippen LogP contribution in [-0.4, -0.2) is 47.7 Å². The molecule has 5 heteroatoms. The molecule has 0 aromatic heterocycles. The summed E-state index contributed by atoms with van der Waals surface area (Å²) in [5, 5.41) is 0. The van der Waals surface area contributed by atoms with Gasteiger partial charge in [0, 0.05) is 6.04 Å². The number of rotatable bonds is 6. The first-order valence-electron chi connectivity index (χ1n) is 10.0. The first-order valence-corrected chi connectivity index (χ1v) is 10.0. The van der Waals surface area contributed by atoms with E-state index >= 15 is 0 Å². The van der Waals surface area contributed by atoms with Crippen LogP contribution < -0.4 is 0 Å². The van der Waals surface area contributed by atoms with Crippen molar-refractivity contribution >= 4 is 11.9 Å². The molecule has 5 nitrogen and oxygen atoms in total. The molecule has 3 aliphatic heterocycles. The molecule has 138 valence electrons. The summed E-state index contributed by atoms with van der Waals surface area (Å²) in [6.07, 6.45) is 12.5. The molecule has 1 saturated carbocycles. The Morgan fingerprint density at radius 1 is 1.32 bits per heavy atom. The molecule has 1 spiro atoms. The van der Waals surface area contributed by atoms with Crippen molar-refractivity contribution in [2.75, 3.05) is 13.2 Å². The molecule has 1 amide bonds. The molecule has 0 aromatic rings. The third-order valence-electron chi connectivity index (χ3n) is 6.41. The Labute approximate surface area is 149 Å². The van der Waals surface area contributed by atoms with Gasteiger partial charge in [-0.1, -0.05) is 51.2 Å². The largest absolute Gasteiger partial charge is 0.465 e. The minimum Gasteiger partial charge on any atom is -0.465 e. The van der Waals surface area contributed by atoms with E-state index in [0.717, 1.165) is 32.1 Å². The van der Waals surface area contributed by atoms with E-state index in [9.17, 15) is 9.59 Å². The summed E-state index contributed by atoms with van der Waals surface area (Å²) < 4.78 is 11.7. The molecule has 4 aliphatic rings. The summed E-state index contributed by atoms with van der Waals surface area (Å²) in [5.74, 6) is -0.999. The lowest BCUT2D eigenvalue weighted by Gasteiger charge is -2.32. The average Bonchev–Trinajstić information content (AvgIpc) is 3.28. The number of unbranched alkanes of at least 4 members (excludes halogenated alkanes) is 2. The van der Waals surface area contributed by atoms with E-state index in [2.05, 4.69) is 6.92 Å². The molecule has 4 rings (SSSR count). The van der Waals surface area contributed by atoms with Crippen LogP contribution in [0.25, 0.3) is 0 Å². The Balaban J connectivity index is 1.47. The van der Waals surface area contributed by atoms with Gasteiger partial charge in [0.05, 0.1) is 25.2 Å². The molecule has 0 aromatic carbocycles. The van der Waals surface area contributed by atoms with Crippen LogP contribution in [0.15, 0.2) is 12.2 Å². The highest BCUT2D eigenvalue weighted by atomic mass is 16.6. The highest BCUT2D eigenvalue weighted by molar-refractivity contribution is 5.91. The molecule has 4 atom stereocenters. The maximum Gasteiger partial charge on any atom is 0.312 e. The zero-order chi connectivity index (χ0) is 17.4. The maximum absolute atomic E-state index is 13.2. The summed E-state index contributed by atoms with van der Waals surface area (Å²) >= 11 is 0. The summed E-state index contributed by atoms with van der Waals surface area (Å²) in [4.78, 5) is 27.8. The van der Waals surface area contributed by atoms with Crippen molar-refractivity contribution in [2.24, 2.45) is 11.8 Å². The molecule has 3 fully saturated rings. The fraction of sp³-hybridized carbons (Fsp3) is 0.800. The monoisotopic (exact) mass is 347 g/mol. The van der Waals surface area contributed by atoms with E-state index in [-0.39, 0.29) is 23.9 Å². The summed E-state index contributed by atoms with van der Waals surface area (Å²) in [6, 6.07) is 0.318. The lowest BCUT2D eigenvalue weighted by atomic mass is 9.77. The molecule has 25 heavy (non-hydrogen) atoms. The smallest absolute Gasteiger partial charge is 0.312 e. The maximum atomic E-state index is 13.2. The Kier molecular flexibility index (Phi) is 4.61. The van der Waals surface area contributed by atoms with Gasteiger partial charge in [0.1, 0.15) is 11.5 Å². The standard InChI is InChI=1S/C20H29NO4/c1-2-3-7-12-24-19(23)16-15-10-11-20(25-15)13-21(18(22)17(16)20)14-8-5-4-6-9-14/h10-11,14-17H,2-9,12-13H2,1H3/t15-,16-,17-,20+/m0/s1. The zero-order valence-electron chi connectivity index (χ0n) is 15.1. The van der Waals surface area contributed by atoms with E-state index in [1.807, 2.05) is 17.1 Å². The van der Waals surface area contributed by atoms with Gasteiger partial charge in [-0.2, -0.15) is 0 Å². The second kappa shape index (κ2) is 6.75. The Morgan fingerprint density at radius 3 is 2.88 bits per heavy atom. The van der Waals surface area contributed by atoms with Gasteiger partial charge in [-0.05, 0) is 19.3 Å². The van der Waals surface area contributed by atoms with Crippen LogP contribution in [0, 0.1) is 11.8 Å². The van der Waals surface area contributed by atoms with E-state index < -0.39 is 11.5 Å². The van der Waals surface area contributed by atoms with Crippen LogP contribution in [0.2, 0.25) is 0 Å². The second-order valence-electron chi connectivity index (χ2n) is 8.03. The van der Waals surface area contributed by atoms with Crippen LogP contribution in [0.4, 0.5) is 0 Å². The van der Waals surface area contributed by atoms with Crippen molar-refractivity contribution < 1.29 is 19.1 Å². The molecular weight excluding hydrogens is 318 g/mol. The van der Waals surface area contributed by atoms with Crippen molar-refractivity contribution in [1.82, 2.24) is 4.90 Å². The van der Waals surface area contributed by atoms with Crippen molar-refractivity contribution in [3.63, 3.8) is 0 Å². The van der Waals surface area contributed by atoms with E-state index in [1.54, 1.807) is 0 Å². The molecule has 0 radical (unpaired) electrons. The lowest BCUT2D eigenvalue weighted by molar-refractivity contribution is -0.154. The number of nitrogens with zero attached hydrogens (tertiary/aromatic N) is 1. The Morgan fingerprint density at radius 2 is 2.12 bits per heavy atom. The second-order valence-corrected chi connectivity index (χ2v) is 8.03. The summed E-state index contributed by atoms with van der Waals surface area (Å²) in [7, 11) is 0. The van der Waals surface area contributed by atoms with Crippen LogP contribution in [0.5, 0.6) is 0 Å². The first-order chi connectivity index (χ1) is 12.2. The summed E-state index contributed by atoms with van der Waals surface area (Å²) in [6.45, 7) is 3.17. The molecule has 0 N–H and O–H groups in total. The lowest BCUT2D eigenvalue weighted by Crippen LogP contribution is -2.42. The van der Waals surface area contributed by atoms with Crippen LogP contribution in [0.1, 0.15) is 58.3 Å². The van der Waals surface area contributed by atoms with Crippen LogP contribution in [0.3, 0.4) is 0 Å². The topological polar surface area (TPSA) is 55.8 Å². The van der Waals surface area contributed by atoms with Crippen molar-refractivity contribution in [1.29, 1.82) is 0 Å². The van der Waals surface area contributed by atoms with Gasteiger partial charge in [-0.15, -0.1) is 0 Å².